The van der Waals surface area contributed by atoms with Crippen LogP contribution in [-0.2, 0) is 9.47 Å². The second-order valence-corrected chi connectivity index (χ2v) is 8.59. The highest BCUT2D eigenvalue weighted by atomic mass is 16.6. The molecular weight excluding hydrogens is 422 g/mol. The number of ether oxygens (including phenoxy) is 2. The molecule has 33 heavy (non-hydrogen) atoms. The minimum atomic E-state index is -0.581. The molecule has 3 N–H and O–H groups in total. The number of rotatable bonds is 4. The summed E-state index contributed by atoms with van der Waals surface area (Å²) in [6.45, 7) is 7.38. The van der Waals surface area contributed by atoms with Crippen LogP contribution in [-0.4, -0.2) is 34.2 Å². The lowest BCUT2D eigenvalue weighted by atomic mass is 10.0. The molecule has 0 bridgehead atoms. The fourth-order valence-electron chi connectivity index (χ4n) is 3.64. The maximum Gasteiger partial charge on any atom is 0.412 e. The summed E-state index contributed by atoms with van der Waals surface area (Å²) in [6, 6.07) is 12.9. The summed E-state index contributed by atoms with van der Waals surface area (Å²) in [5.41, 5.74) is 2.76. The van der Waals surface area contributed by atoms with Crippen LogP contribution in [0.1, 0.15) is 38.1 Å². The zero-order chi connectivity index (χ0) is 23.8. The van der Waals surface area contributed by atoms with E-state index in [1.54, 1.807) is 45.9 Å². The maximum absolute atomic E-state index is 12.5. The zero-order valence-corrected chi connectivity index (χ0v) is 18.9. The molecule has 0 aliphatic carbocycles. The van der Waals surface area contributed by atoms with E-state index in [1.165, 1.54) is 6.20 Å². The van der Waals surface area contributed by atoms with Crippen LogP contribution in [0.2, 0.25) is 0 Å². The number of esters is 1. The van der Waals surface area contributed by atoms with E-state index in [0.717, 1.165) is 16.5 Å². The lowest BCUT2D eigenvalue weighted by Crippen LogP contribution is -2.27. The first-order chi connectivity index (χ1) is 15.7. The van der Waals surface area contributed by atoms with Gasteiger partial charge in [-0.25, -0.2) is 9.59 Å². The fourth-order valence-corrected chi connectivity index (χ4v) is 3.64. The SMILES string of the molecule is CCOC(=O)c1c[nH]c2c(=O)[nH]c3ccc(-c4ccc(NC(=O)OC(C)(C)C)cc4)cc3c12. The Morgan fingerprint density at radius 1 is 1.03 bits per heavy atom. The number of benzene rings is 2. The van der Waals surface area contributed by atoms with Gasteiger partial charge in [-0.2, -0.15) is 0 Å². The number of aromatic nitrogens is 2. The second-order valence-electron chi connectivity index (χ2n) is 8.59. The van der Waals surface area contributed by atoms with Gasteiger partial charge in [0, 0.05) is 28.2 Å². The number of anilines is 1. The Morgan fingerprint density at radius 2 is 1.73 bits per heavy atom. The first-order valence-electron chi connectivity index (χ1n) is 10.6. The predicted octanol–water partition coefficient (Wildman–Crippen LogP) is 5.20. The van der Waals surface area contributed by atoms with Crippen molar-refractivity contribution in [2.45, 2.75) is 33.3 Å². The molecule has 0 aliphatic rings. The van der Waals surface area contributed by atoms with E-state index >= 15 is 0 Å². The van der Waals surface area contributed by atoms with Crippen LogP contribution in [0.3, 0.4) is 0 Å². The Labute approximate surface area is 189 Å². The molecule has 4 rings (SSSR count). The highest BCUT2D eigenvalue weighted by Crippen LogP contribution is 2.30. The number of nitrogens with one attached hydrogen (secondary N) is 3. The Balaban J connectivity index is 1.72. The first kappa shape index (κ1) is 22.1. The summed E-state index contributed by atoms with van der Waals surface area (Å²) in [4.78, 5) is 42.6. The van der Waals surface area contributed by atoms with Gasteiger partial charge in [0.1, 0.15) is 11.1 Å². The van der Waals surface area contributed by atoms with Crippen molar-refractivity contribution >= 4 is 39.6 Å². The number of carbonyl (C=O) groups excluding carboxylic acids is 2. The molecule has 0 atom stereocenters. The van der Waals surface area contributed by atoms with E-state index < -0.39 is 17.7 Å². The average molecular weight is 447 g/mol. The smallest absolute Gasteiger partial charge is 0.412 e. The van der Waals surface area contributed by atoms with E-state index in [9.17, 15) is 14.4 Å². The summed E-state index contributed by atoms with van der Waals surface area (Å²) < 4.78 is 10.4. The predicted molar refractivity (Wildman–Crippen MR) is 128 cm³/mol. The summed E-state index contributed by atoms with van der Waals surface area (Å²) in [5, 5.41) is 3.96. The molecule has 0 unspecified atom stereocenters. The van der Waals surface area contributed by atoms with E-state index in [0.29, 0.717) is 27.7 Å². The van der Waals surface area contributed by atoms with Crippen molar-refractivity contribution in [2.24, 2.45) is 0 Å². The quantitative estimate of drug-likeness (QED) is 0.372. The van der Waals surface area contributed by atoms with Crippen LogP contribution in [0.4, 0.5) is 10.5 Å². The average Bonchev–Trinajstić information content (AvgIpc) is 3.19. The van der Waals surface area contributed by atoms with Gasteiger partial charge in [-0.05, 0) is 63.1 Å². The van der Waals surface area contributed by atoms with Crippen molar-refractivity contribution in [1.82, 2.24) is 9.97 Å². The summed E-state index contributed by atoms with van der Waals surface area (Å²) >= 11 is 0. The molecule has 8 heteroatoms. The normalized spacial score (nSPS) is 11.5. The fraction of sp³-hybridized carbons (Fsp3) is 0.240. The molecule has 1 amide bonds. The highest BCUT2D eigenvalue weighted by Gasteiger charge is 2.19. The molecule has 170 valence electrons. The second kappa shape index (κ2) is 8.46. The summed E-state index contributed by atoms with van der Waals surface area (Å²) in [5.74, 6) is -0.487. The van der Waals surface area contributed by atoms with Crippen molar-refractivity contribution in [3.05, 3.63) is 64.6 Å². The van der Waals surface area contributed by atoms with Crippen molar-refractivity contribution in [3.8, 4) is 11.1 Å². The largest absolute Gasteiger partial charge is 0.462 e. The third-order valence-corrected chi connectivity index (χ3v) is 5.00. The molecule has 2 aromatic heterocycles. The Bertz CT molecular complexity index is 1410. The first-order valence-corrected chi connectivity index (χ1v) is 10.6. The lowest BCUT2D eigenvalue weighted by molar-refractivity contribution is 0.0528. The van der Waals surface area contributed by atoms with Crippen LogP contribution in [0, 0.1) is 0 Å². The van der Waals surface area contributed by atoms with Gasteiger partial charge >= 0.3 is 12.1 Å². The number of fused-ring (bicyclic) bond motifs is 3. The van der Waals surface area contributed by atoms with Gasteiger partial charge in [0.2, 0.25) is 0 Å². The number of hydrogen-bond donors (Lipinski definition) is 3. The minimum absolute atomic E-state index is 0.238. The maximum atomic E-state index is 12.5. The lowest BCUT2D eigenvalue weighted by Gasteiger charge is -2.19. The standard InChI is InChI=1S/C25H25N3O5/c1-5-32-23(30)18-13-26-21-20(18)17-12-15(8-11-19(17)28-22(21)29)14-6-9-16(10-7-14)27-24(31)33-25(2,3)4/h6-13,26H,5H2,1-4H3,(H,27,31)(H,28,29). The van der Waals surface area contributed by atoms with Crippen molar-refractivity contribution < 1.29 is 19.1 Å². The van der Waals surface area contributed by atoms with Gasteiger partial charge < -0.3 is 19.4 Å². The van der Waals surface area contributed by atoms with Crippen molar-refractivity contribution in [3.63, 3.8) is 0 Å². The third kappa shape index (κ3) is 4.59. The number of amides is 1. The molecule has 0 spiro atoms. The Hall–Kier alpha value is -4.07. The van der Waals surface area contributed by atoms with Gasteiger partial charge in [-0.1, -0.05) is 18.2 Å². The number of carbonyl (C=O) groups is 2. The summed E-state index contributed by atoms with van der Waals surface area (Å²) in [7, 11) is 0. The molecule has 0 radical (unpaired) electrons. The number of H-pyrrole nitrogens is 2. The van der Waals surface area contributed by atoms with Crippen LogP contribution in [0.25, 0.3) is 32.9 Å². The van der Waals surface area contributed by atoms with Crippen LogP contribution in [0.5, 0.6) is 0 Å². The molecule has 2 heterocycles. The molecule has 0 saturated carbocycles. The van der Waals surface area contributed by atoms with Gasteiger partial charge in [0.05, 0.1) is 12.2 Å². The van der Waals surface area contributed by atoms with Gasteiger partial charge in [-0.3, -0.25) is 10.1 Å². The van der Waals surface area contributed by atoms with Crippen LogP contribution in [0.15, 0.2) is 53.5 Å². The van der Waals surface area contributed by atoms with E-state index in [1.807, 2.05) is 24.3 Å². The van der Waals surface area contributed by atoms with Crippen molar-refractivity contribution in [1.29, 1.82) is 0 Å². The topological polar surface area (TPSA) is 113 Å². The molecular formula is C25H25N3O5. The molecule has 0 saturated heterocycles. The Morgan fingerprint density at radius 3 is 2.39 bits per heavy atom. The monoisotopic (exact) mass is 447 g/mol. The molecule has 8 nitrogen and oxygen atoms in total. The molecule has 2 aromatic carbocycles. The van der Waals surface area contributed by atoms with E-state index in [-0.39, 0.29) is 12.2 Å². The number of pyridine rings is 1. The molecule has 0 aliphatic heterocycles. The summed E-state index contributed by atoms with van der Waals surface area (Å²) in [6.07, 6.45) is 0.979. The van der Waals surface area contributed by atoms with Gasteiger partial charge in [0.25, 0.3) is 5.56 Å². The zero-order valence-electron chi connectivity index (χ0n) is 18.9. The van der Waals surface area contributed by atoms with Crippen molar-refractivity contribution in [2.75, 3.05) is 11.9 Å². The van der Waals surface area contributed by atoms with Crippen LogP contribution >= 0.6 is 0 Å². The van der Waals surface area contributed by atoms with Crippen LogP contribution < -0.4 is 10.9 Å². The van der Waals surface area contributed by atoms with Gasteiger partial charge in [-0.15, -0.1) is 0 Å². The third-order valence-electron chi connectivity index (χ3n) is 5.00. The van der Waals surface area contributed by atoms with E-state index in [4.69, 9.17) is 9.47 Å². The van der Waals surface area contributed by atoms with E-state index in [2.05, 4.69) is 15.3 Å². The number of hydrogen-bond acceptors (Lipinski definition) is 5. The van der Waals surface area contributed by atoms with Gasteiger partial charge in [0.15, 0.2) is 0 Å². The minimum Gasteiger partial charge on any atom is -0.462 e. The molecule has 4 aromatic rings. The molecule has 0 fully saturated rings. The number of aromatic amines is 2. The highest BCUT2D eigenvalue weighted by molar-refractivity contribution is 6.15. The Kier molecular flexibility index (Phi) is 5.68.